The van der Waals surface area contributed by atoms with E-state index in [1.165, 1.54) is 9.14 Å². The van der Waals surface area contributed by atoms with Gasteiger partial charge in [0.05, 0.1) is 12.2 Å². The molecule has 1 amide bonds. The van der Waals surface area contributed by atoms with E-state index in [0.29, 0.717) is 25.1 Å². The topological polar surface area (TPSA) is 76.1 Å². The lowest BCUT2D eigenvalue weighted by atomic mass is 9.83. The molecule has 0 radical (unpaired) electrons. The van der Waals surface area contributed by atoms with Gasteiger partial charge in [-0.2, -0.15) is 0 Å². The molecule has 206 valence electrons. The van der Waals surface area contributed by atoms with Crippen LogP contribution in [-0.2, 0) is 27.2 Å². The number of nitrogens with zero attached hydrogens (tertiary/aromatic N) is 1. The van der Waals surface area contributed by atoms with Gasteiger partial charge in [-0.25, -0.2) is 4.79 Å². The quantitative estimate of drug-likeness (QED) is 0.351. The van der Waals surface area contributed by atoms with Crippen molar-refractivity contribution in [3.63, 3.8) is 0 Å². The molecule has 2 aromatic carbocycles. The van der Waals surface area contributed by atoms with Crippen molar-refractivity contribution in [3.05, 3.63) is 67.3 Å². The van der Waals surface area contributed by atoms with Gasteiger partial charge in [0.2, 0.25) is 0 Å². The van der Waals surface area contributed by atoms with Crippen molar-refractivity contribution in [2.24, 2.45) is 0 Å². The number of amides is 1. The summed E-state index contributed by atoms with van der Waals surface area (Å²) in [6.45, 7) is 10.9. The number of carboxylic acid groups (broad SMARTS) is 1. The number of ether oxygens (including phenoxy) is 2. The average molecular weight is 642 g/mol. The number of benzene rings is 2. The Morgan fingerprint density at radius 2 is 1.85 bits per heavy atom. The van der Waals surface area contributed by atoms with Crippen LogP contribution < -0.4 is 9.64 Å². The molecule has 2 aromatic rings. The summed E-state index contributed by atoms with van der Waals surface area (Å²) in [7, 11) is 0. The first-order valence-electron chi connectivity index (χ1n) is 13.7. The molecular formula is C32H36INO5. The van der Waals surface area contributed by atoms with Crippen molar-refractivity contribution in [1.82, 2.24) is 0 Å². The Morgan fingerprint density at radius 1 is 1.08 bits per heavy atom. The monoisotopic (exact) mass is 641 g/mol. The van der Waals surface area contributed by atoms with Crippen molar-refractivity contribution >= 4 is 40.2 Å². The number of aliphatic carboxylic acids is 1. The molecule has 7 heteroatoms. The first kappa shape index (κ1) is 27.9. The average Bonchev–Trinajstić information content (AvgIpc) is 3.30. The molecule has 2 aliphatic heterocycles. The van der Waals surface area contributed by atoms with Gasteiger partial charge >= 0.3 is 5.97 Å². The van der Waals surface area contributed by atoms with Gasteiger partial charge in [0.15, 0.2) is 6.10 Å². The molecule has 1 aliphatic carbocycles. The van der Waals surface area contributed by atoms with Crippen LogP contribution >= 0.6 is 22.6 Å². The predicted octanol–water partition coefficient (Wildman–Crippen LogP) is 7.16. The summed E-state index contributed by atoms with van der Waals surface area (Å²) in [4.78, 5) is 28.3. The van der Waals surface area contributed by atoms with Crippen molar-refractivity contribution in [2.75, 3.05) is 18.1 Å². The zero-order chi connectivity index (χ0) is 28.1. The molecule has 0 spiro atoms. The molecule has 0 saturated heterocycles. The minimum atomic E-state index is -1.14. The smallest absolute Gasteiger partial charge is 0.337 e. The van der Waals surface area contributed by atoms with Crippen LogP contribution in [0.4, 0.5) is 5.69 Å². The molecule has 39 heavy (non-hydrogen) atoms. The number of halogens is 1. The minimum absolute atomic E-state index is 0.0308. The van der Waals surface area contributed by atoms with Gasteiger partial charge in [0.25, 0.3) is 5.91 Å². The van der Waals surface area contributed by atoms with Gasteiger partial charge in [0, 0.05) is 23.4 Å². The summed E-state index contributed by atoms with van der Waals surface area (Å²) in [5.74, 6) is -0.0889. The highest BCUT2D eigenvalue weighted by Gasteiger charge is 2.37. The second-order valence-electron chi connectivity index (χ2n) is 11.6. The zero-order valence-corrected chi connectivity index (χ0v) is 25.5. The highest BCUT2D eigenvalue weighted by Crippen LogP contribution is 2.47. The predicted molar refractivity (Wildman–Crippen MR) is 162 cm³/mol. The highest BCUT2D eigenvalue weighted by atomic mass is 127. The summed E-state index contributed by atoms with van der Waals surface area (Å²) in [5, 5.41) is 10.4. The highest BCUT2D eigenvalue weighted by molar-refractivity contribution is 14.1. The van der Waals surface area contributed by atoms with Crippen molar-refractivity contribution in [2.45, 2.75) is 78.4 Å². The fraction of sp³-hybridized carbons (Fsp3) is 0.438. The SMILES string of the molecule is Cc1cc2c(c(-c3ccc4c(c3C)CCCO4)c1[C@H](OC(C)(C)C)C(=O)O)CCN2C(=O)C1=CC=C(I)CC1. The first-order chi connectivity index (χ1) is 18.5. The molecular weight excluding hydrogens is 605 g/mol. The van der Waals surface area contributed by atoms with Gasteiger partial charge < -0.3 is 19.5 Å². The Kier molecular flexibility index (Phi) is 7.68. The van der Waals surface area contributed by atoms with Crippen LogP contribution in [0, 0.1) is 13.8 Å². The number of hydrogen-bond acceptors (Lipinski definition) is 4. The lowest BCUT2D eigenvalue weighted by molar-refractivity contribution is -0.160. The lowest BCUT2D eigenvalue weighted by Gasteiger charge is -2.30. The number of anilines is 1. The Labute approximate surface area is 244 Å². The standard InChI is InChI=1S/C32H36INO5/c1-18-17-25-24(14-15-34(25)30(35)20-8-10-21(33)11-9-20)28(27(18)29(31(36)37)39-32(3,4)5)23-12-13-26-22(19(23)2)7-6-16-38-26/h8,10,12-13,17,29H,6-7,9,11,14-16H2,1-5H3,(H,36,37)/t29-/m0/s1. The van der Waals surface area contributed by atoms with Crippen LogP contribution in [0.5, 0.6) is 5.75 Å². The maximum atomic E-state index is 13.7. The number of allylic oxidation sites excluding steroid dienone is 3. The molecule has 5 rings (SSSR count). The molecule has 0 fully saturated rings. The van der Waals surface area contributed by atoms with Gasteiger partial charge in [-0.1, -0.05) is 18.2 Å². The summed E-state index contributed by atoms with van der Waals surface area (Å²) in [6.07, 6.45) is 6.95. The maximum Gasteiger partial charge on any atom is 0.337 e. The van der Waals surface area contributed by atoms with Crippen LogP contribution in [0.3, 0.4) is 0 Å². The van der Waals surface area contributed by atoms with Gasteiger partial charge in [0.1, 0.15) is 5.75 Å². The number of rotatable bonds is 5. The van der Waals surface area contributed by atoms with E-state index in [1.807, 2.05) is 56.9 Å². The lowest BCUT2D eigenvalue weighted by Crippen LogP contribution is -2.31. The van der Waals surface area contributed by atoms with Gasteiger partial charge in [-0.15, -0.1) is 0 Å². The Morgan fingerprint density at radius 3 is 2.51 bits per heavy atom. The van der Waals surface area contributed by atoms with E-state index in [2.05, 4.69) is 35.6 Å². The molecule has 6 nitrogen and oxygen atoms in total. The van der Waals surface area contributed by atoms with E-state index in [0.717, 1.165) is 70.5 Å². The van der Waals surface area contributed by atoms with E-state index >= 15 is 0 Å². The van der Waals surface area contributed by atoms with E-state index in [-0.39, 0.29) is 5.91 Å². The Hall–Kier alpha value is -2.65. The second-order valence-corrected chi connectivity index (χ2v) is 13.0. The third-order valence-corrected chi connectivity index (χ3v) is 8.66. The molecule has 1 atom stereocenters. The van der Waals surface area contributed by atoms with Crippen molar-refractivity contribution < 1.29 is 24.2 Å². The Bertz CT molecular complexity index is 1410. The molecule has 0 saturated carbocycles. The minimum Gasteiger partial charge on any atom is -0.493 e. The Balaban J connectivity index is 1.73. The van der Waals surface area contributed by atoms with E-state index in [9.17, 15) is 14.7 Å². The molecule has 0 bridgehead atoms. The molecule has 0 aromatic heterocycles. The number of carboxylic acids is 1. The van der Waals surface area contributed by atoms with Crippen molar-refractivity contribution in [1.29, 1.82) is 0 Å². The largest absolute Gasteiger partial charge is 0.493 e. The summed E-state index contributed by atoms with van der Waals surface area (Å²) >= 11 is 2.32. The first-order valence-corrected chi connectivity index (χ1v) is 14.7. The number of aryl methyl sites for hydroxylation is 1. The molecule has 0 unspecified atom stereocenters. The fourth-order valence-corrected chi connectivity index (χ4v) is 6.43. The second kappa shape index (κ2) is 10.7. The molecule has 2 heterocycles. The van der Waals surface area contributed by atoms with Gasteiger partial charge in [-0.3, -0.25) is 4.79 Å². The summed E-state index contributed by atoms with van der Waals surface area (Å²) < 4.78 is 13.4. The van der Waals surface area contributed by atoms with E-state index in [4.69, 9.17) is 9.47 Å². The van der Waals surface area contributed by atoms with Crippen LogP contribution in [0.25, 0.3) is 11.1 Å². The number of carbonyl (C=O) groups excluding carboxylic acids is 1. The van der Waals surface area contributed by atoms with Crippen molar-refractivity contribution in [3.8, 4) is 16.9 Å². The zero-order valence-electron chi connectivity index (χ0n) is 23.3. The third kappa shape index (κ3) is 5.40. The number of carbonyl (C=O) groups is 2. The summed E-state index contributed by atoms with van der Waals surface area (Å²) in [6, 6.07) is 6.05. The normalized spacial score (nSPS) is 17.5. The molecule has 3 aliphatic rings. The number of fused-ring (bicyclic) bond motifs is 2. The molecule has 1 N–H and O–H groups in total. The maximum absolute atomic E-state index is 13.7. The number of hydrogen-bond donors (Lipinski definition) is 1. The van der Waals surface area contributed by atoms with Crippen LogP contribution in [-0.4, -0.2) is 35.7 Å². The summed E-state index contributed by atoms with van der Waals surface area (Å²) in [5.41, 5.74) is 7.64. The third-order valence-electron chi connectivity index (χ3n) is 7.76. The van der Waals surface area contributed by atoms with E-state index in [1.54, 1.807) is 0 Å². The van der Waals surface area contributed by atoms with Crippen LogP contribution in [0.15, 0.2) is 39.5 Å². The van der Waals surface area contributed by atoms with Crippen LogP contribution in [0.2, 0.25) is 0 Å². The fourth-order valence-electron chi connectivity index (χ4n) is 5.98. The van der Waals surface area contributed by atoms with Gasteiger partial charge in [-0.05, 0) is 138 Å². The van der Waals surface area contributed by atoms with E-state index < -0.39 is 17.7 Å². The van der Waals surface area contributed by atoms with Crippen LogP contribution in [0.1, 0.15) is 74.0 Å².